The Labute approximate surface area is 209 Å². The third kappa shape index (κ3) is 3.35. The molecule has 14 atom stereocenters. The second kappa shape index (κ2) is 8.34. The maximum absolute atomic E-state index is 11.9. The molecule has 196 valence electrons. The molecule has 0 aromatic heterocycles. The molecule has 2 aliphatic heterocycles. The van der Waals surface area contributed by atoms with Crippen molar-refractivity contribution in [2.24, 2.45) is 52.3 Å². The smallest absolute Gasteiger partial charge is 0.390 e. The van der Waals surface area contributed by atoms with Gasteiger partial charge in [0.15, 0.2) is 5.79 Å². The molecular formula is C29H46O6+2. The van der Waals surface area contributed by atoms with Crippen LogP contribution in [-0.2, 0) is 13.9 Å². The lowest BCUT2D eigenvalue weighted by Crippen LogP contribution is -2.58. The molecule has 35 heavy (non-hydrogen) atoms. The fourth-order valence-electron chi connectivity index (χ4n) is 10.6. The number of hydrogen-bond donors (Lipinski definition) is 2. The molecule has 4 saturated carbocycles. The van der Waals surface area contributed by atoms with Crippen LogP contribution < -0.4 is 0 Å². The van der Waals surface area contributed by atoms with Crippen LogP contribution in [-0.4, -0.2) is 64.4 Å². The van der Waals surface area contributed by atoms with Gasteiger partial charge in [0, 0.05) is 24.7 Å². The molecule has 0 amide bonds. The Morgan fingerprint density at radius 2 is 1.80 bits per heavy atom. The van der Waals surface area contributed by atoms with Crippen LogP contribution in [0, 0.1) is 52.3 Å². The number of ether oxygens (including phenoxy) is 2. The molecule has 6 nitrogen and oxygen atoms in total. The predicted molar refractivity (Wildman–Crippen MR) is 132 cm³/mol. The van der Waals surface area contributed by atoms with Gasteiger partial charge in [-0.05, 0) is 78.9 Å². The van der Waals surface area contributed by atoms with Crippen molar-refractivity contribution in [2.45, 2.75) is 109 Å². The topological polar surface area (TPSA) is 91.6 Å². The molecule has 6 rings (SSSR count). The summed E-state index contributed by atoms with van der Waals surface area (Å²) in [5.74, 6) is 2.42. The molecule has 6 fully saturated rings. The van der Waals surface area contributed by atoms with Crippen molar-refractivity contribution in [3.05, 3.63) is 0 Å². The fraction of sp³-hybridized carbons (Fsp3) is 0.931. The van der Waals surface area contributed by atoms with Crippen LogP contribution in [0.5, 0.6) is 0 Å². The second-order valence-electron chi connectivity index (χ2n) is 13.7. The zero-order chi connectivity index (χ0) is 24.8. The first-order valence-electron chi connectivity index (χ1n) is 14.3. The molecule has 0 bridgehead atoms. The standard InChI is InChI=1S/C29H45O6/c1-16-7-10-29(34-15-16)17(2)23-26(35-29)25(32)24-19-6-5-18-13-22(33-12-11-30)21(31)14-28(18,4)20(19)8-9-27(23,24)3/h11-12,16-26,31-32H,5-10,13-15H2,1-4H3/q+1/p+1/t16-,17-,18+,19-,20+,21-,22-,23+,24-,25+,26+,27-,28+,29-/m0/s1. The first-order valence-corrected chi connectivity index (χ1v) is 14.3. The van der Waals surface area contributed by atoms with Crippen LogP contribution in [0.2, 0.25) is 0 Å². The van der Waals surface area contributed by atoms with Crippen LogP contribution in [0.15, 0.2) is 0 Å². The number of rotatable bonds is 2. The van der Waals surface area contributed by atoms with Gasteiger partial charge in [-0.2, -0.15) is 0 Å². The maximum Gasteiger partial charge on any atom is 0.403 e. The summed E-state index contributed by atoms with van der Waals surface area (Å²) >= 11 is 0. The highest BCUT2D eigenvalue weighted by molar-refractivity contribution is 6.10. The first kappa shape index (κ1) is 24.5. The highest BCUT2D eigenvalue weighted by Gasteiger charge is 2.72. The second-order valence-corrected chi connectivity index (χ2v) is 13.7. The molecule has 6 heteroatoms. The number of fused-ring (bicyclic) bond motifs is 7. The van der Waals surface area contributed by atoms with Gasteiger partial charge < -0.3 is 19.7 Å². The minimum Gasteiger partial charge on any atom is -0.390 e. The summed E-state index contributed by atoms with van der Waals surface area (Å²) in [6.07, 6.45) is 9.02. The third-order valence-corrected chi connectivity index (χ3v) is 12.3. The molecule has 0 radical (unpaired) electrons. The average molecular weight is 491 g/mol. The van der Waals surface area contributed by atoms with E-state index in [0.717, 1.165) is 64.3 Å². The summed E-state index contributed by atoms with van der Waals surface area (Å²) in [5.41, 5.74) is 0.120. The SMILES string of the molecule is C[C@H]1CC[C@]2(OC1)O[C@H]1[C@H](O)[C@@H]3[C@H]4CC[C@@H]5C[C@H]([O+]=CC=[OH+])[C@@H](O)C[C@@]5(C)[C@@H]4CC[C@@]3(C)[C@@H]1[C@@H]2C. The summed E-state index contributed by atoms with van der Waals surface area (Å²) < 4.78 is 18.8. The van der Waals surface area contributed by atoms with E-state index in [1.54, 1.807) is 0 Å². The van der Waals surface area contributed by atoms with Crippen LogP contribution in [0.25, 0.3) is 0 Å². The van der Waals surface area contributed by atoms with Crippen molar-refractivity contribution in [2.75, 3.05) is 6.61 Å². The molecule has 0 aromatic carbocycles. The lowest BCUT2D eigenvalue weighted by Gasteiger charge is -2.61. The zero-order valence-electron chi connectivity index (χ0n) is 21.9. The van der Waals surface area contributed by atoms with E-state index < -0.39 is 18.0 Å². The average Bonchev–Trinajstić information content (AvgIpc) is 3.23. The zero-order valence-corrected chi connectivity index (χ0v) is 21.9. The Morgan fingerprint density at radius 1 is 1.00 bits per heavy atom. The van der Waals surface area contributed by atoms with Gasteiger partial charge in [0.25, 0.3) is 6.10 Å². The van der Waals surface area contributed by atoms with Crippen molar-refractivity contribution in [1.82, 2.24) is 0 Å². The molecule has 2 saturated heterocycles. The van der Waals surface area contributed by atoms with E-state index in [2.05, 4.69) is 27.7 Å². The lowest BCUT2D eigenvalue weighted by atomic mass is 9.44. The fourth-order valence-corrected chi connectivity index (χ4v) is 10.6. The van der Waals surface area contributed by atoms with Gasteiger partial charge in [-0.25, -0.2) is 4.42 Å². The molecule has 0 unspecified atom stereocenters. The summed E-state index contributed by atoms with van der Waals surface area (Å²) in [4.78, 5) is 9.01. The van der Waals surface area contributed by atoms with E-state index >= 15 is 0 Å². The van der Waals surface area contributed by atoms with Gasteiger partial charge in [-0.1, -0.05) is 27.7 Å². The quantitative estimate of drug-likeness (QED) is 0.351. The van der Waals surface area contributed by atoms with Crippen molar-refractivity contribution in [3.63, 3.8) is 0 Å². The predicted octanol–water partition coefficient (Wildman–Crippen LogP) is 3.65. The van der Waals surface area contributed by atoms with Crippen LogP contribution in [0.1, 0.15) is 79.1 Å². The molecule has 0 aromatic rings. The van der Waals surface area contributed by atoms with E-state index in [4.69, 9.17) is 18.7 Å². The molecule has 6 aliphatic rings. The molecule has 2 heterocycles. The normalized spacial score (nSPS) is 59.7. The van der Waals surface area contributed by atoms with Crippen LogP contribution in [0.3, 0.4) is 0 Å². The van der Waals surface area contributed by atoms with Gasteiger partial charge in [0.1, 0.15) is 6.10 Å². The summed E-state index contributed by atoms with van der Waals surface area (Å²) in [7, 11) is 0. The van der Waals surface area contributed by atoms with E-state index in [1.807, 2.05) is 0 Å². The van der Waals surface area contributed by atoms with E-state index in [-0.39, 0.29) is 29.0 Å². The van der Waals surface area contributed by atoms with Crippen LogP contribution in [0.4, 0.5) is 0 Å². The number of aliphatic hydroxyl groups is 2. The van der Waals surface area contributed by atoms with Crippen molar-refractivity contribution in [3.8, 4) is 0 Å². The van der Waals surface area contributed by atoms with Crippen molar-refractivity contribution in [1.29, 1.82) is 0 Å². The maximum atomic E-state index is 11.9. The van der Waals surface area contributed by atoms with Gasteiger partial charge >= 0.3 is 12.6 Å². The van der Waals surface area contributed by atoms with E-state index in [9.17, 15) is 10.2 Å². The molecule has 1 spiro atoms. The number of hydrogen-bond acceptors (Lipinski definition) is 4. The van der Waals surface area contributed by atoms with E-state index in [1.165, 1.54) is 6.29 Å². The van der Waals surface area contributed by atoms with E-state index in [0.29, 0.717) is 35.5 Å². The Hall–Kier alpha value is -0.820. The molecule has 3 N–H and O–H groups in total. The summed E-state index contributed by atoms with van der Waals surface area (Å²) in [6, 6.07) is 0. The minimum atomic E-state index is -0.526. The Kier molecular flexibility index (Phi) is 5.84. The highest BCUT2D eigenvalue weighted by Crippen LogP contribution is 2.71. The van der Waals surface area contributed by atoms with Crippen molar-refractivity contribution < 1.29 is 28.9 Å². The summed E-state index contributed by atoms with van der Waals surface area (Å²) in [5, 5.41) is 22.9. The lowest BCUT2D eigenvalue weighted by molar-refractivity contribution is -0.520. The molecular weight excluding hydrogens is 444 g/mol. The van der Waals surface area contributed by atoms with Crippen molar-refractivity contribution >= 4 is 12.6 Å². The van der Waals surface area contributed by atoms with Gasteiger partial charge in [0.05, 0.1) is 18.8 Å². The van der Waals surface area contributed by atoms with Gasteiger partial charge in [-0.3, -0.25) is 4.79 Å². The minimum absolute atomic E-state index is 0.0557. The number of carbonyl (C=O) groups excluding carboxylic acids is 2. The van der Waals surface area contributed by atoms with Crippen LogP contribution >= 0.6 is 0 Å². The van der Waals surface area contributed by atoms with Gasteiger partial charge in [-0.15, -0.1) is 0 Å². The first-order chi connectivity index (χ1) is 16.6. The molecule has 4 aliphatic carbocycles. The Bertz CT molecular complexity index is 865. The largest absolute Gasteiger partial charge is 0.403 e. The summed E-state index contributed by atoms with van der Waals surface area (Å²) in [6.45, 7) is 10.2. The highest BCUT2D eigenvalue weighted by atomic mass is 16.7. The third-order valence-electron chi connectivity index (χ3n) is 12.3. The monoisotopic (exact) mass is 490 g/mol. The van der Waals surface area contributed by atoms with Gasteiger partial charge in [0.2, 0.25) is 0 Å². The Morgan fingerprint density at radius 3 is 2.51 bits per heavy atom. The Balaban J connectivity index is 1.26. The number of aldehydes is 2. The number of aliphatic hydroxyl groups excluding tert-OH is 2.